The molecule has 0 aromatic carbocycles. The lowest BCUT2D eigenvalue weighted by Crippen LogP contribution is -2.37. The zero-order chi connectivity index (χ0) is 13.8. The second-order valence-electron chi connectivity index (χ2n) is 4.70. The molecule has 2 rings (SSSR count). The molecule has 0 bridgehead atoms. The van der Waals surface area contributed by atoms with E-state index in [-0.39, 0.29) is 11.7 Å². The van der Waals surface area contributed by atoms with E-state index in [0.29, 0.717) is 25.2 Å². The van der Waals surface area contributed by atoms with Crippen molar-refractivity contribution in [2.45, 2.75) is 19.3 Å². The first-order chi connectivity index (χ1) is 9.06. The number of rotatable bonds is 3. The van der Waals surface area contributed by atoms with Gasteiger partial charge in [-0.1, -0.05) is 0 Å². The molecule has 1 amide bonds. The number of Topliss-reactive ketones (excluding diaryl/α,β-unsaturated/α-hetero) is 1. The van der Waals surface area contributed by atoms with Gasteiger partial charge in [0.15, 0.2) is 5.78 Å². The average molecular weight is 327 g/mol. The van der Waals surface area contributed by atoms with E-state index < -0.39 is 6.09 Å². The van der Waals surface area contributed by atoms with Crippen LogP contribution < -0.4 is 0 Å². The van der Waals surface area contributed by atoms with Crippen LogP contribution >= 0.6 is 15.9 Å². The number of carbonyl (C=O) groups excluding carboxylic acids is 1. The molecular weight excluding hydrogens is 312 g/mol. The number of aromatic nitrogens is 1. The third-order valence-electron chi connectivity index (χ3n) is 3.37. The lowest BCUT2D eigenvalue weighted by molar-refractivity contribution is 0.0916. The summed E-state index contributed by atoms with van der Waals surface area (Å²) in [4.78, 5) is 28.3. The Morgan fingerprint density at radius 1 is 1.37 bits per heavy atom. The first-order valence-corrected chi connectivity index (χ1v) is 6.98. The van der Waals surface area contributed by atoms with Gasteiger partial charge in [-0.15, -0.1) is 0 Å². The molecule has 1 aliphatic rings. The number of likely N-dealkylation sites (tertiary alicyclic amines) is 1. The topological polar surface area (TPSA) is 70.5 Å². The van der Waals surface area contributed by atoms with Gasteiger partial charge in [0.25, 0.3) is 0 Å². The van der Waals surface area contributed by atoms with E-state index in [4.69, 9.17) is 5.11 Å². The van der Waals surface area contributed by atoms with Gasteiger partial charge in [0.2, 0.25) is 0 Å². The third kappa shape index (κ3) is 3.76. The molecule has 0 atom stereocenters. The summed E-state index contributed by atoms with van der Waals surface area (Å²) in [5.41, 5.74) is 0.476. The van der Waals surface area contributed by atoms with Crippen LogP contribution in [0, 0.1) is 5.92 Å². The Bertz CT molecular complexity index is 467. The van der Waals surface area contributed by atoms with E-state index in [1.54, 1.807) is 18.3 Å². The van der Waals surface area contributed by atoms with E-state index in [0.717, 1.165) is 17.3 Å². The Labute approximate surface area is 119 Å². The Kier molecular flexibility index (Phi) is 4.52. The SMILES string of the molecule is O=C(CC1CCN(C(=O)O)CC1)c1ccc(Br)cn1. The first kappa shape index (κ1) is 14.0. The van der Waals surface area contributed by atoms with Crippen molar-refractivity contribution in [1.29, 1.82) is 0 Å². The number of carboxylic acid groups (broad SMARTS) is 1. The summed E-state index contributed by atoms with van der Waals surface area (Å²) in [6.07, 6.45) is 2.67. The molecule has 1 N–H and O–H groups in total. The van der Waals surface area contributed by atoms with Gasteiger partial charge in [-0.2, -0.15) is 0 Å². The number of pyridine rings is 1. The predicted octanol–water partition coefficient (Wildman–Crippen LogP) is 2.81. The molecule has 1 aromatic rings. The molecule has 1 aromatic heterocycles. The fraction of sp³-hybridized carbons (Fsp3) is 0.462. The maximum atomic E-state index is 12.0. The number of halogens is 1. The zero-order valence-corrected chi connectivity index (χ0v) is 12.0. The van der Waals surface area contributed by atoms with Crippen molar-refractivity contribution < 1.29 is 14.7 Å². The Hall–Kier alpha value is -1.43. The van der Waals surface area contributed by atoms with Gasteiger partial charge in [0, 0.05) is 30.2 Å². The summed E-state index contributed by atoms with van der Waals surface area (Å²) in [7, 11) is 0. The standard InChI is InChI=1S/C13H15BrN2O3/c14-10-1-2-11(15-8-10)12(17)7-9-3-5-16(6-4-9)13(18)19/h1-2,8-9H,3-7H2,(H,18,19). The molecule has 19 heavy (non-hydrogen) atoms. The molecule has 2 heterocycles. The Balaban J connectivity index is 1.87. The molecule has 0 aliphatic carbocycles. The van der Waals surface area contributed by atoms with Crippen LogP contribution in [0.2, 0.25) is 0 Å². The van der Waals surface area contributed by atoms with Gasteiger partial charge in [0.05, 0.1) is 0 Å². The van der Waals surface area contributed by atoms with Crippen molar-refractivity contribution in [2.75, 3.05) is 13.1 Å². The molecule has 6 heteroatoms. The summed E-state index contributed by atoms with van der Waals surface area (Å²) < 4.78 is 0.846. The minimum absolute atomic E-state index is 0.0290. The smallest absolute Gasteiger partial charge is 0.407 e. The van der Waals surface area contributed by atoms with Crippen molar-refractivity contribution >= 4 is 27.8 Å². The highest BCUT2D eigenvalue weighted by atomic mass is 79.9. The van der Waals surface area contributed by atoms with Crippen molar-refractivity contribution in [3.05, 3.63) is 28.5 Å². The number of nitrogens with zero attached hydrogens (tertiary/aromatic N) is 2. The highest BCUT2D eigenvalue weighted by molar-refractivity contribution is 9.10. The van der Waals surface area contributed by atoms with E-state index in [1.165, 1.54) is 4.90 Å². The molecule has 0 saturated carbocycles. The zero-order valence-electron chi connectivity index (χ0n) is 10.4. The molecule has 0 spiro atoms. The number of carbonyl (C=O) groups is 2. The van der Waals surface area contributed by atoms with Crippen LogP contribution in [0.25, 0.3) is 0 Å². The molecule has 102 valence electrons. The van der Waals surface area contributed by atoms with Gasteiger partial charge in [-0.05, 0) is 46.8 Å². The maximum Gasteiger partial charge on any atom is 0.407 e. The Morgan fingerprint density at radius 3 is 2.58 bits per heavy atom. The highest BCUT2D eigenvalue weighted by Gasteiger charge is 2.24. The van der Waals surface area contributed by atoms with Crippen LogP contribution in [0.4, 0.5) is 4.79 Å². The number of piperidine rings is 1. The Morgan fingerprint density at radius 2 is 2.05 bits per heavy atom. The monoisotopic (exact) mass is 326 g/mol. The fourth-order valence-electron chi connectivity index (χ4n) is 2.24. The molecule has 0 radical (unpaired) electrons. The van der Waals surface area contributed by atoms with Gasteiger partial charge in [-0.25, -0.2) is 4.79 Å². The summed E-state index contributed by atoms with van der Waals surface area (Å²) in [5, 5.41) is 8.85. The molecule has 1 fully saturated rings. The molecule has 1 aliphatic heterocycles. The molecule has 5 nitrogen and oxygen atoms in total. The van der Waals surface area contributed by atoms with Crippen LogP contribution in [0.15, 0.2) is 22.8 Å². The molecular formula is C13H15BrN2O3. The number of hydrogen-bond donors (Lipinski definition) is 1. The minimum atomic E-state index is -0.876. The van der Waals surface area contributed by atoms with Crippen molar-refractivity contribution in [2.24, 2.45) is 5.92 Å². The normalized spacial score (nSPS) is 16.4. The second-order valence-corrected chi connectivity index (χ2v) is 5.62. The van der Waals surface area contributed by atoms with E-state index in [2.05, 4.69) is 20.9 Å². The summed E-state index contributed by atoms with van der Waals surface area (Å²) in [5.74, 6) is 0.287. The van der Waals surface area contributed by atoms with Gasteiger partial charge < -0.3 is 10.0 Å². The van der Waals surface area contributed by atoms with E-state index >= 15 is 0 Å². The van der Waals surface area contributed by atoms with Crippen molar-refractivity contribution in [3.63, 3.8) is 0 Å². The highest BCUT2D eigenvalue weighted by Crippen LogP contribution is 2.22. The predicted molar refractivity (Wildman–Crippen MR) is 73.2 cm³/mol. The van der Waals surface area contributed by atoms with Crippen molar-refractivity contribution in [3.8, 4) is 0 Å². The lowest BCUT2D eigenvalue weighted by Gasteiger charge is -2.29. The number of ketones is 1. The lowest BCUT2D eigenvalue weighted by atomic mass is 9.91. The van der Waals surface area contributed by atoms with E-state index in [9.17, 15) is 9.59 Å². The maximum absolute atomic E-state index is 12.0. The van der Waals surface area contributed by atoms with Crippen LogP contribution in [-0.2, 0) is 0 Å². The van der Waals surface area contributed by atoms with Crippen LogP contribution in [0.1, 0.15) is 29.8 Å². The van der Waals surface area contributed by atoms with Crippen LogP contribution in [-0.4, -0.2) is 40.0 Å². The fourth-order valence-corrected chi connectivity index (χ4v) is 2.47. The van der Waals surface area contributed by atoms with Gasteiger partial charge >= 0.3 is 6.09 Å². The number of hydrogen-bond acceptors (Lipinski definition) is 3. The average Bonchev–Trinajstić information content (AvgIpc) is 2.40. The van der Waals surface area contributed by atoms with Crippen molar-refractivity contribution in [1.82, 2.24) is 9.88 Å². The number of amides is 1. The second kappa shape index (κ2) is 6.14. The van der Waals surface area contributed by atoms with Crippen LogP contribution in [0.5, 0.6) is 0 Å². The molecule has 0 unspecified atom stereocenters. The van der Waals surface area contributed by atoms with Gasteiger partial charge in [0.1, 0.15) is 5.69 Å². The quantitative estimate of drug-likeness (QED) is 0.867. The minimum Gasteiger partial charge on any atom is -0.465 e. The van der Waals surface area contributed by atoms with E-state index in [1.807, 2.05) is 0 Å². The summed E-state index contributed by atoms with van der Waals surface area (Å²) >= 11 is 3.28. The first-order valence-electron chi connectivity index (χ1n) is 6.19. The van der Waals surface area contributed by atoms with Gasteiger partial charge in [-0.3, -0.25) is 9.78 Å². The summed E-state index contributed by atoms with van der Waals surface area (Å²) in [6, 6.07) is 3.51. The molecule has 1 saturated heterocycles. The summed E-state index contributed by atoms with van der Waals surface area (Å²) in [6.45, 7) is 1.03. The largest absolute Gasteiger partial charge is 0.465 e. The third-order valence-corrected chi connectivity index (χ3v) is 3.84. The van der Waals surface area contributed by atoms with Crippen LogP contribution in [0.3, 0.4) is 0 Å².